The largest absolute Gasteiger partial charge is 0.462 e. The Morgan fingerprint density at radius 1 is 0.625 bits per heavy atom. The minimum Gasteiger partial charge on any atom is -0.462 e. The maximum absolute atomic E-state index is 14.1. The van der Waals surface area contributed by atoms with Gasteiger partial charge in [-0.2, -0.15) is 0 Å². The topological polar surface area (TPSA) is 52.6 Å². The van der Waals surface area contributed by atoms with Gasteiger partial charge in [-0.1, -0.05) is 65.8 Å². The predicted octanol–water partition coefficient (Wildman–Crippen LogP) is 12.3. The molecule has 0 unspecified atom stereocenters. The first-order valence-electron chi connectivity index (χ1n) is 16.5. The normalized spacial score (nSPS) is 12.8. The van der Waals surface area contributed by atoms with Crippen molar-refractivity contribution in [2.75, 3.05) is 6.61 Å². The maximum Gasteiger partial charge on any atom is 0.338 e. The van der Waals surface area contributed by atoms with Gasteiger partial charge in [0.1, 0.15) is 28.1 Å². The lowest BCUT2D eigenvalue weighted by Crippen LogP contribution is -2.12. The first-order chi connectivity index (χ1) is 22.8. The van der Waals surface area contributed by atoms with Gasteiger partial charge in [0, 0.05) is 21.9 Å². The molecule has 48 heavy (non-hydrogen) atoms. The van der Waals surface area contributed by atoms with Crippen LogP contribution in [0.25, 0.3) is 77.3 Å². The van der Waals surface area contributed by atoms with E-state index in [9.17, 15) is 9.18 Å². The number of halogens is 1. The van der Waals surface area contributed by atoms with Crippen LogP contribution in [0, 0.1) is 5.82 Å². The molecule has 0 saturated carbocycles. The Balaban J connectivity index is 1.53. The lowest BCUT2D eigenvalue weighted by Gasteiger charge is -2.27. The fourth-order valence-electron chi connectivity index (χ4n) is 7.01. The summed E-state index contributed by atoms with van der Waals surface area (Å²) in [4.78, 5) is 12.5. The van der Waals surface area contributed by atoms with E-state index in [2.05, 4.69) is 77.9 Å². The van der Waals surface area contributed by atoms with Crippen LogP contribution in [-0.4, -0.2) is 12.6 Å². The van der Waals surface area contributed by atoms with E-state index >= 15 is 0 Å². The average Bonchev–Trinajstić information content (AvgIpc) is 3.05. The van der Waals surface area contributed by atoms with Gasteiger partial charge in [0.25, 0.3) is 0 Å². The second-order valence-corrected chi connectivity index (χ2v) is 14.9. The summed E-state index contributed by atoms with van der Waals surface area (Å²) in [5.74, 6) is -0.612. The van der Waals surface area contributed by atoms with Gasteiger partial charge < -0.3 is 13.6 Å². The van der Waals surface area contributed by atoms with Crippen molar-refractivity contribution < 1.29 is 22.8 Å². The fraction of sp³-hybridized carbons (Fsp3) is 0.233. The van der Waals surface area contributed by atoms with Crippen molar-refractivity contribution in [3.8, 4) is 33.4 Å². The molecule has 0 spiro atoms. The summed E-state index contributed by atoms with van der Waals surface area (Å²) in [6, 6.07) is 27.3. The minimum absolute atomic E-state index is 0.146. The van der Waals surface area contributed by atoms with Crippen LogP contribution in [0.3, 0.4) is 0 Å². The van der Waals surface area contributed by atoms with E-state index in [4.69, 9.17) is 13.6 Å². The maximum atomic E-state index is 14.1. The molecule has 0 N–H and O–H groups in total. The number of hydrogen-bond acceptors (Lipinski definition) is 4. The van der Waals surface area contributed by atoms with Gasteiger partial charge >= 0.3 is 5.97 Å². The van der Waals surface area contributed by atoms with E-state index in [1.807, 2.05) is 36.4 Å². The summed E-state index contributed by atoms with van der Waals surface area (Å²) < 4.78 is 33.2. The van der Waals surface area contributed by atoms with Crippen molar-refractivity contribution in [1.29, 1.82) is 0 Å². The summed E-state index contributed by atoms with van der Waals surface area (Å²) in [7, 11) is 0. The van der Waals surface area contributed by atoms with Crippen LogP contribution in [0.4, 0.5) is 4.39 Å². The number of ether oxygens (including phenoxy) is 1. The lowest BCUT2D eigenvalue weighted by molar-refractivity contribution is 0.0526. The molecule has 0 radical (unpaired) electrons. The van der Waals surface area contributed by atoms with E-state index in [0.29, 0.717) is 12.2 Å². The Morgan fingerprint density at radius 3 is 1.48 bits per heavy atom. The molecule has 0 aliphatic carbocycles. The molecule has 2 heterocycles. The van der Waals surface area contributed by atoms with Crippen molar-refractivity contribution >= 4 is 49.8 Å². The third-order valence-corrected chi connectivity index (χ3v) is 9.61. The van der Waals surface area contributed by atoms with Crippen molar-refractivity contribution in [2.45, 2.75) is 59.3 Å². The summed E-state index contributed by atoms with van der Waals surface area (Å²) in [6.07, 6.45) is 0. The van der Waals surface area contributed by atoms with E-state index in [0.717, 1.165) is 88.4 Å². The van der Waals surface area contributed by atoms with Crippen LogP contribution < -0.4 is 0 Å². The van der Waals surface area contributed by atoms with E-state index in [1.54, 1.807) is 6.92 Å². The van der Waals surface area contributed by atoms with Gasteiger partial charge in [-0.05, 0) is 123 Å². The fourth-order valence-corrected chi connectivity index (χ4v) is 7.01. The second-order valence-electron chi connectivity index (χ2n) is 14.9. The molecule has 0 amide bonds. The molecule has 5 heteroatoms. The van der Waals surface area contributed by atoms with E-state index in [-0.39, 0.29) is 22.6 Å². The van der Waals surface area contributed by atoms with Crippen LogP contribution in [0.1, 0.15) is 70.0 Å². The Kier molecular flexibility index (Phi) is 6.55. The quantitative estimate of drug-likeness (QED) is 0.110. The van der Waals surface area contributed by atoms with Crippen LogP contribution in [0.15, 0.2) is 93.8 Å². The number of carbonyl (C=O) groups is 1. The smallest absolute Gasteiger partial charge is 0.338 e. The SMILES string of the molecule is CCOC(=O)c1ccc(-c2cc3oc4cc(C(C)(C)C)cc5c(-c6ccc(F)cc6)cc6oc7cc(C(C)(C)C)cc2c7c3-c6c45)cc1. The highest BCUT2D eigenvalue weighted by molar-refractivity contribution is 6.27. The molecule has 6 aromatic rings. The molecule has 0 aromatic heterocycles. The highest BCUT2D eigenvalue weighted by Gasteiger charge is 2.30. The Hall–Kier alpha value is -5.16. The molecule has 0 fully saturated rings. The molecule has 0 saturated heterocycles. The second kappa shape index (κ2) is 10.4. The molecule has 4 nitrogen and oxygen atoms in total. The third kappa shape index (κ3) is 4.67. The van der Waals surface area contributed by atoms with Gasteiger partial charge in [-0.15, -0.1) is 0 Å². The monoisotopic (exact) mass is 636 g/mol. The Morgan fingerprint density at radius 2 is 1.06 bits per heavy atom. The number of esters is 1. The molecule has 2 aliphatic heterocycles. The lowest BCUT2D eigenvalue weighted by atomic mass is 9.80. The number of benzene rings is 6. The standard InChI is InChI=1S/C43H37FO4/c1-8-46-41(45)25-11-9-23(10-12-25)29-21-35-39-37-31(29)17-26(42(2,3)4)19-33(37)48-36-22-30(24-13-15-28(44)16-14-24)32-18-27(43(5,6)7)20-34(47-35)38(32)40(36)39/h9-22H,8H2,1-7H3. The van der Waals surface area contributed by atoms with E-state index in [1.165, 1.54) is 12.1 Å². The molecular weight excluding hydrogens is 599 g/mol. The number of hydrogen-bond donors (Lipinski definition) is 0. The third-order valence-electron chi connectivity index (χ3n) is 9.61. The Labute approximate surface area is 278 Å². The summed E-state index contributed by atoms with van der Waals surface area (Å²) >= 11 is 0. The first kappa shape index (κ1) is 30.2. The summed E-state index contributed by atoms with van der Waals surface area (Å²) in [5, 5.41) is 4.09. The summed E-state index contributed by atoms with van der Waals surface area (Å²) in [6.45, 7) is 15.3. The van der Waals surface area contributed by atoms with Gasteiger partial charge in [0.2, 0.25) is 0 Å². The predicted molar refractivity (Wildman–Crippen MR) is 193 cm³/mol. The van der Waals surface area contributed by atoms with Crippen molar-refractivity contribution in [1.82, 2.24) is 0 Å². The minimum atomic E-state index is -0.338. The summed E-state index contributed by atoms with van der Waals surface area (Å²) in [5.41, 5.74) is 11.4. The van der Waals surface area contributed by atoms with Crippen LogP contribution in [0.5, 0.6) is 0 Å². The van der Waals surface area contributed by atoms with Gasteiger partial charge in [-0.3, -0.25) is 0 Å². The number of rotatable bonds is 4. The molecular formula is C43H37FO4. The highest BCUT2D eigenvalue weighted by Crippen LogP contribution is 2.53. The van der Waals surface area contributed by atoms with Gasteiger partial charge in [0.15, 0.2) is 0 Å². The zero-order chi connectivity index (χ0) is 33.7. The molecule has 6 aromatic carbocycles. The molecule has 0 bridgehead atoms. The Bertz CT molecular complexity index is 2480. The zero-order valence-electron chi connectivity index (χ0n) is 28.3. The van der Waals surface area contributed by atoms with Crippen molar-refractivity contribution in [3.05, 3.63) is 107 Å². The van der Waals surface area contributed by atoms with Crippen molar-refractivity contribution in [2.24, 2.45) is 0 Å². The van der Waals surface area contributed by atoms with E-state index < -0.39 is 0 Å². The molecule has 8 rings (SSSR count). The van der Waals surface area contributed by atoms with Crippen LogP contribution in [-0.2, 0) is 15.6 Å². The average molecular weight is 637 g/mol. The van der Waals surface area contributed by atoms with Crippen LogP contribution >= 0.6 is 0 Å². The van der Waals surface area contributed by atoms with Gasteiger partial charge in [-0.25, -0.2) is 9.18 Å². The van der Waals surface area contributed by atoms with Crippen molar-refractivity contribution in [3.63, 3.8) is 0 Å². The molecule has 0 atom stereocenters. The number of carbonyl (C=O) groups excluding carboxylic acids is 1. The molecule has 2 aliphatic rings. The molecule has 240 valence electrons. The van der Waals surface area contributed by atoms with Gasteiger partial charge in [0.05, 0.1) is 12.2 Å². The first-order valence-corrected chi connectivity index (χ1v) is 16.5. The highest BCUT2D eigenvalue weighted by atomic mass is 19.1. The zero-order valence-corrected chi connectivity index (χ0v) is 28.3. The van der Waals surface area contributed by atoms with Crippen LogP contribution in [0.2, 0.25) is 0 Å².